The number of methoxy groups -OCH3 is 1. The van der Waals surface area contributed by atoms with Crippen LogP contribution in [0.1, 0.15) is 25.6 Å². The molecule has 0 unspecified atom stereocenters. The van der Waals surface area contributed by atoms with Crippen molar-refractivity contribution in [3.8, 4) is 11.5 Å². The molecule has 0 bridgehead atoms. The predicted octanol–water partition coefficient (Wildman–Crippen LogP) is 4.49. The number of ether oxygens (including phenoxy) is 1. The zero-order chi connectivity index (χ0) is 17.8. The highest BCUT2D eigenvalue weighted by atomic mass is 16.5. The van der Waals surface area contributed by atoms with Crippen molar-refractivity contribution in [2.75, 3.05) is 7.11 Å². The van der Waals surface area contributed by atoms with Gasteiger partial charge in [0.05, 0.1) is 7.11 Å². The van der Waals surface area contributed by atoms with Crippen molar-refractivity contribution in [3.63, 3.8) is 0 Å². The van der Waals surface area contributed by atoms with Gasteiger partial charge >= 0.3 is 0 Å². The zero-order valence-corrected chi connectivity index (χ0v) is 14.4. The van der Waals surface area contributed by atoms with Crippen LogP contribution in [0.15, 0.2) is 45.2 Å². The summed E-state index contributed by atoms with van der Waals surface area (Å²) in [6.07, 6.45) is 1.55. The Hall–Kier alpha value is -3.02. The summed E-state index contributed by atoms with van der Waals surface area (Å²) in [6.45, 7) is 3.97. The van der Waals surface area contributed by atoms with Crippen molar-refractivity contribution >= 4 is 22.2 Å². The molecule has 0 saturated carbocycles. The summed E-state index contributed by atoms with van der Waals surface area (Å²) in [5.74, 6) is 2.35. The first-order chi connectivity index (χ1) is 12.2. The van der Waals surface area contributed by atoms with E-state index in [0.29, 0.717) is 17.0 Å². The molecule has 0 spiro atoms. The van der Waals surface area contributed by atoms with Crippen LogP contribution in [0.2, 0.25) is 0 Å². The van der Waals surface area contributed by atoms with Gasteiger partial charge in [0, 0.05) is 12.8 Å². The summed E-state index contributed by atoms with van der Waals surface area (Å²) in [5.41, 5.74) is 2.79. The summed E-state index contributed by atoms with van der Waals surface area (Å²) in [6, 6.07) is 10.8. The quantitative estimate of drug-likeness (QED) is 0.591. The second kappa shape index (κ2) is 7.25. The van der Waals surface area contributed by atoms with Gasteiger partial charge in [0.1, 0.15) is 11.5 Å². The molecule has 2 aromatic carbocycles. The van der Waals surface area contributed by atoms with E-state index in [4.69, 9.17) is 13.6 Å². The Balaban J connectivity index is 0.000000146. The normalized spacial score (nSPS) is 10.7. The van der Waals surface area contributed by atoms with Gasteiger partial charge in [-0.2, -0.15) is 0 Å². The van der Waals surface area contributed by atoms with Crippen molar-refractivity contribution in [1.29, 1.82) is 0 Å². The maximum atomic E-state index is 9.36. The van der Waals surface area contributed by atoms with Crippen molar-refractivity contribution in [2.45, 2.75) is 26.7 Å². The van der Waals surface area contributed by atoms with E-state index in [1.165, 1.54) is 0 Å². The maximum absolute atomic E-state index is 9.36. The number of aromatic hydroxyl groups is 1. The number of nitrogens with zero attached hydrogens (tertiary/aromatic N) is 2. The molecule has 6 heteroatoms. The molecule has 0 atom stereocenters. The third-order valence-corrected chi connectivity index (χ3v) is 3.69. The Kier molecular flexibility index (Phi) is 4.88. The van der Waals surface area contributed by atoms with Crippen molar-refractivity contribution in [2.24, 2.45) is 0 Å². The van der Waals surface area contributed by atoms with E-state index in [1.807, 2.05) is 32.0 Å². The molecule has 0 fully saturated rings. The number of phenols is 1. The van der Waals surface area contributed by atoms with Crippen LogP contribution in [0.3, 0.4) is 0 Å². The molecule has 1 N–H and O–H groups in total. The van der Waals surface area contributed by atoms with Crippen LogP contribution in [0.4, 0.5) is 0 Å². The van der Waals surface area contributed by atoms with E-state index in [2.05, 4.69) is 9.97 Å². The molecular weight excluding hydrogens is 320 g/mol. The number of hydrogen-bond acceptors (Lipinski definition) is 6. The molecule has 2 heterocycles. The lowest BCUT2D eigenvalue weighted by molar-refractivity contribution is 0.419. The van der Waals surface area contributed by atoms with E-state index in [1.54, 1.807) is 25.3 Å². The number of rotatable bonds is 3. The Morgan fingerprint density at radius 1 is 0.880 bits per heavy atom. The molecule has 4 rings (SSSR count). The molecule has 130 valence electrons. The minimum atomic E-state index is 0.177. The van der Waals surface area contributed by atoms with Crippen LogP contribution in [0.5, 0.6) is 11.5 Å². The second-order valence-electron chi connectivity index (χ2n) is 5.35. The molecule has 0 aliphatic rings. The highest BCUT2D eigenvalue weighted by Crippen LogP contribution is 2.25. The summed E-state index contributed by atoms with van der Waals surface area (Å²) in [7, 11) is 1.63. The monoisotopic (exact) mass is 340 g/mol. The lowest BCUT2D eigenvalue weighted by Crippen LogP contribution is -1.83. The van der Waals surface area contributed by atoms with Gasteiger partial charge < -0.3 is 18.7 Å². The first-order valence-corrected chi connectivity index (χ1v) is 8.16. The number of phenolic OH excluding ortho intramolecular Hbond substituents is 1. The number of hydrogen-bond donors (Lipinski definition) is 1. The standard InChI is InChI=1S/C10H11NO2.C9H9NO2/c1-3-9-11-10-7(12-2)5-4-6-8(10)13-9;1-2-8-10-9-6(11)4-3-5-7(9)12-8/h4-6H,3H2,1-2H3;3-5,11H,2H2,1H3. The van der Waals surface area contributed by atoms with Crippen LogP contribution in [0.25, 0.3) is 22.2 Å². The summed E-state index contributed by atoms with van der Waals surface area (Å²) < 4.78 is 16.0. The summed E-state index contributed by atoms with van der Waals surface area (Å²) in [5, 5.41) is 9.36. The second-order valence-corrected chi connectivity index (χ2v) is 5.35. The maximum Gasteiger partial charge on any atom is 0.195 e. The molecule has 4 aromatic rings. The van der Waals surface area contributed by atoms with Gasteiger partial charge in [-0.15, -0.1) is 0 Å². The van der Waals surface area contributed by atoms with Crippen LogP contribution >= 0.6 is 0 Å². The average molecular weight is 340 g/mol. The molecule has 0 aliphatic heterocycles. The smallest absolute Gasteiger partial charge is 0.195 e. The van der Waals surface area contributed by atoms with Gasteiger partial charge in [0.2, 0.25) is 0 Å². The number of benzene rings is 2. The number of aryl methyl sites for hydroxylation is 2. The van der Waals surface area contributed by atoms with E-state index in [0.717, 1.165) is 35.6 Å². The number of aromatic nitrogens is 2. The van der Waals surface area contributed by atoms with E-state index in [9.17, 15) is 5.11 Å². The SMILES string of the molecule is CCc1nc2c(O)cccc2o1.CCc1nc2c(OC)cccc2o1. The fourth-order valence-electron chi connectivity index (χ4n) is 2.42. The van der Waals surface area contributed by atoms with E-state index < -0.39 is 0 Å². The fraction of sp³-hybridized carbons (Fsp3) is 0.263. The van der Waals surface area contributed by atoms with Crippen molar-refractivity contribution < 1.29 is 18.7 Å². The predicted molar refractivity (Wildman–Crippen MR) is 95.0 cm³/mol. The highest BCUT2D eigenvalue weighted by molar-refractivity contribution is 5.80. The third kappa shape index (κ3) is 3.42. The molecule has 0 amide bonds. The molecule has 6 nitrogen and oxygen atoms in total. The van der Waals surface area contributed by atoms with Crippen molar-refractivity contribution in [3.05, 3.63) is 48.2 Å². The third-order valence-electron chi connectivity index (χ3n) is 3.69. The van der Waals surface area contributed by atoms with Crippen LogP contribution in [0, 0.1) is 0 Å². The number of oxazole rings is 2. The molecular formula is C19H20N2O4. The van der Waals surface area contributed by atoms with Gasteiger partial charge in [-0.25, -0.2) is 9.97 Å². The number of fused-ring (bicyclic) bond motifs is 2. The lowest BCUT2D eigenvalue weighted by Gasteiger charge is -1.96. The summed E-state index contributed by atoms with van der Waals surface area (Å²) in [4.78, 5) is 8.42. The van der Waals surface area contributed by atoms with Crippen molar-refractivity contribution in [1.82, 2.24) is 9.97 Å². The van der Waals surface area contributed by atoms with Crippen LogP contribution in [-0.2, 0) is 12.8 Å². The largest absolute Gasteiger partial charge is 0.506 e. The van der Waals surface area contributed by atoms with Gasteiger partial charge in [0.15, 0.2) is 34.0 Å². The lowest BCUT2D eigenvalue weighted by atomic mass is 10.3. The van der Waals surface area contributed by atoms with Crippen LogP contribution < -0.4 is 4.74 Å². The molecule has 0 aliphatic carbocycles. The minimum Gasteiger partial charge on any atom is -0.506 e. The van der Waals surface area contributed by atoms with E-state index in [-0.39, 0.29) is 5.75 Å². The van der Waals surface area contributed by atoms with Gasteiger partial charge in [0.25, 0.3) is 0 Å². The Bertz CT molecular complexity index is 988. The first-order valence-electron chi connectivity index (χ1n) is 8.16. The Labute approximate surface area is 145 Å². The topological polar surface area (TPSA) is 81.5 Å². The number of para-hydroxylation sites is 2. The van der Waals surface area contributed by atoms with Gasteiger partial charge in [-0.1, -0.05) is 26.0 Å². The Morgan fingerprint density at radius 3 is 2.00 bits per heavy atom. The fourth-order valence-corrected chi connectivity index (χ4v) is 2.42. The Morgan fingerprint density at radius 2 is 1.44 bits per heavy atom. The average Bonchev–Trinajstić information content (AvgIpc) is 3.26. The molecule has 0 saturated heterocycles. The minimum absolute atomic E-state index is 0.177. The van der Waals surface area contributed by atoms with Gasteiger partial charge in [-0.05, 0) is 24.3 Å². The first kappa shape index (κ1) is 16.8. The summed E-state index contributed by atoms with van der Waals surface area (Å²) >= 11 is 0. The van der Waals surface area contributed by atoms with E-state index >= 15 is 0 Å². The molecule has 2 aromatic heterocycles. The highest BCUT2D eigenvalue weighted by Gasteiger charge is 2.08. The van der Waals surface area contributed by atoms with Gasteiger partial charge in [-0.3, -0.25) is 0 Å². The molecule has 0 radical (unpaired) electrons. The van der Waals surface area contributed by atoms with Crippen LogP contribution in [-0.4, -0.2) is 22.2 Å². The zero-order valence-electron chi connectivity index (χ0n) is 14.4. The molecule has 25 heavy (non-hydrogen) atoms.